The quantitative estimate of drug-likeness (QED) is 0.434. The van der Waals surface area contributed by atoms with Gasteiger partial charge < -0.3 is 4.74 Å². The molecule has 0 N–H and O–H groups in total. The van der Waals surface area contributed by atoms with E-state index in [1.165, 1.54) is 36.8 Å². The van der Waals surface area contributed by atoms with Gasteiger partial charge in [-0.2, -0.15) is 0 Å². The van der Waals surface area contributed by atoms with E-state index < -0.39 is 0 Å². The van der Waals surface area contributed by atoms with Crippen LogP contribution in [0.3, 0.4) is 0 Å². The molecule has 0 heterocycles. The third-order valence-electron chi connectivity index (χ3n) is 3.94. The van der Waals surface area contributed by atoms with Crippen LogP contribution in [-0.4, -0.2) is 12.9 Å². The van der Waals surface area contributed by atoms with Crippen LogP contribution >= 0.6 is 11.8 Å². The Kier molecular flexibility index (Phi) is 7.38. The number of rotatable bonds is 8. The third-order valence-corrected chi connectivity index (χ3v) is 4.48. The van der Waals surface area contributed by atoms with Crippen LogP contribution in [-0.2, 0) is 6.42 Å². The molecule has 0 spiro atoms. The predicted octanol–water partition coefficient (Wildman–Crippen LogP) is 5.93. The van der Waals surface area contributed by atoms with E-state index in [1.807, 2.05) is 6.08 Å². The van der Waals surface area contributed by atoms with Crippen molar-refractivity contribution in [1.82, 2.24) is 0 Å². The van der Waals surface area contributed by atoms with Gasteiger partial charge in [0, 0.05) is 6.42 Å². The molecule has 0 saturated heterocycles. The molecule has 22 heavy (non-hydrogen) atoms. The first-order chi connectivity index (χ1) is 10.8. The average molecular weight is 314 g/mol. The van der Waals surface area contributed by atoms with Gasteiger partial charge in [0.25, 0.3) is 0 Å². The van der Waals surface area contributed by atoms with E-state index in [4.69, 9.17) is 4.74 Å². The molecule has 0 aliphatic heterocycles. The minimum Gasteiger partial charge on any atom is -0.493 e. The first-order valence-electron chi connectivity index (χ1n) is 8.05. The Hall–Kier alpha value is -1.41. The lowest BCUT2D eigenvalue weighted by Gasteiger charge is -2.13. The zero-order chi connectivity index (χ0) is 15.6. The molecule has 1 nitrogen and oxygen atoms in total. The molecule has 0 radical (unpaired) electrons. The number of ether oxygens (including phenoxy) is 1. The maximum atomic E-state index is 5.86. The molecule has 2 heteroatoms. The van der Waals surface area contributed by atoms with Crippen molar-refractivity contribution in [3.05, 3.63) is 65.1 Å². The van der Waals surface area contributed by atoms with Crippen LogP contribution < -0.4 is 4.74 Å². The Morgan fingerprint density at radius 3 is 2.73 bits per heavy atom. The van der Waals surface area contributed by atoms with Crippen molar-refractivity contribution in [1.29, 1.82) is 0 Å². The van der Waals surface area contributed by atoms with Crippen LogP contribution in [0.2, 0.25) is 0 Å². The maximum absolute atomic E-state index is 5.86. The molecule has 0 saturated carbocycles. The second-order valence-corrected chi connectivity index (χ2v) is 6.37. The van der Waals surface area contributed by atoms with Crippen LogP contribution in [0.5, 0.6) is 5.75 Å². The summed E-state index contributed by atoms with van der Waals surface area (Å²) in [6, 6.07) is 8.44. The van der Waals surface area contributed by atoms with Gasteiger partial charge in [0.15, 0.2) is 0 Å². The molecule has 0 amide bonds. The van der Waals surface area contributed by atoms with E-state index in [0.717, 1.165) is 25.2 Å². The van der Waals surface area contributed by atoms with E-state index in [1.54, 1.807) is 17.3 Å². The molecule has 2 rings (SSSR count). The van der Waals surface area contributed by atoms with Crippen molar-refractivity contribution >= 4 is 11.8 Å². The van der Waals surface area contributed by atoms with Gasteiger partial charge in [0.1, 0.15) is 5.75 Å². The van der Waals surface area contributed by atoms with Crippen LogP contribution in [0, 0.1) is 0 Å². The number of allylic oxidation sites excluding steroid dienone is 3. The van der Waals surface area contributed by atoms with Crippen molar-refractivity contribution in [2.75, 3.05) is 12.9 Å². The molecule has 118 valence electrons. The molecule has 0 aromatic heterocycles. The highest BCUT2D eigenvalue weighted by atomic mass is 32.2. The highest BCUT2D eigenvalue weighted by Crippen LogP contribution is 2.21. The Morgan fingerprint density at radius 2 is 2.09 bits per heavy atom. The first-order valence-corrected chi connectivity index (χ1v) is 9.34. The summed E-state index contributed by atoms with van der Waals surface area (Å²) < 4.78 is 5.86. The van der Waals surface area contributed by atoms with Crippen LogP contribution in [0.1, 0.15) is 37.7 Å². The second kappa shape index (κ2) is 9.58. The topological polar surface area (TPSA) is 9.23 Å². The van der Waals surface area contributed by atoms with Gasteiger partial charge in [-0.05, 0) is 67.0 Å². The average Bonchev–Trinajstić information content (AvgIpc) is 2.57. The number of hydrogen-bond acceptors (Lipinski definition) is 2. The zero-order valence-electron chi connectivity index (χ0n) is 13.5. The fourth-order valence-corrected chi connectivity index (χ4v) is 3.17. The van der Waals surface area contributed by atoms with Gasteiger partial charge in [-0.15, -0.1) is 11.8 Å². The Morgan fingerprint density at radius 1 is 1.27 bits per heavy atom. The third kappa shape index (κ3) is 5.76. The summed E-state index contributed by atoms with van der Waals surface area (Å²) in [7, 11) is 0. The lowest BCUT2D eigenvalue weighted by atomic mass is 9.98. The van der Waals surface area contributed by atoms with Crippen molar-refractivity contribution in [3.8, 4) is 5.75 Å². The SMILES string of the molecule is C=C/C(=C\SC)Cc1ccc(OCCC2=CCCCC2)cc1. The largest absolute Gasteiger partial charge is 0.493 e. The van der Waals surface area contributed by atoms with Crippen LogP contribution in [0.15, 0.2) is 59.6 Å². The number of hydrogen-bond donors (Lipinski definition) is 0. The normalized spacial score (nSPS) is 15.3. The first kappa shape index (κ1) is 17.0. The molecule has 1 aromatic rings. The van der Waals surface area contributed by atoms with Crippen molar-refractivity contribution in [3.63, 3.8) is 0 Å². The van der Waals surface area contributed by atoms with Gasteiger partial charge >= 0.3 is 0 Å². The zero-order valence-corrected chi connectivity index (χ0v) is 14.3. The minimum atomic E-state index is 0.787. The smallest absolute Gasteiger partial charge is 0.119 e. The molecule has 1 aliphatic carbocycles. The summed E-state index contributed by atoms with van der Waals surface area (Å²) in [5.41, 5.74) is 4.12. The van der Waals surface area contributed by atoms with E-state index in [-0.39, 0.29) is 0 Å². The second-order valence-electron chi connectivity index (χ2n) is 5.66. The molecular weight excluding hydrogens is 288 g/mol. The summed E-state index contributed by atoms with van der Waals surface area (Å²) >= 11 is 1.72. The lowest BCUT2D eigenvalue weighted by Crippen LogP contribution is -2.01. The fraction of sp³-hybridized carbons (Fsp3) is 0.400. The molecule has 0 atom stereocenters. The molecule has 0 bridgehead atoms. The number of thioether (sulfide) groups is 1. The summed E-state index contributed by atoms with van der Waals surface area (Å²) in [5.74, 6) is 0.967. The fourth-order valence-electron chi connectivity index (χ4n) is 2.68. The summed E-state index contributed by atoms with van der Waals surface area (Å²) in [4.78, 5) is 0. The van der Waals surface area contributed by atoms with E-state index in [2.05, 4.69) is 48.6 Å². The number of benzene rings is 1. The van der Waals surface area contributed by atoms with Crippen molar-refractivity contribution in [2.24, 2.45) is 0 Å². The Balaban J connectivity index is 1.80. The van der Waals surface area contributed by atoms with Gasteiger partial charge in [0.2, 0.25) is 0 Å². The van der Waals surface area contributed by atoms with Crippen molar-refractivity contribution < 1.29 is 4.74 Å². The monoisotopic (exact) mass is 314 g/mol. The summed E-state index contributed by atoms with van der Waals surface area (Å²) in [6.45, 7) is 4.65. The van der Waals surface area contributed by atoms with E-state index in [0.29, 0.717) is 0 Å². The Labute approximate surface area is 139 Å². The minimum absolute atomic E-state index is 0.787. The van der Waals surface area contributed by atoms with Gasteiger partial charge in [-0.3, -0.25) is 0 Å². The molecule has 1 aromatic carbocycles. The maximum Gasteiger partial charge on any atom is 0.119 e. The molecule has 0 fully saturated rings. The van der Waals surface area contributed by atoms with E-state index in [9.17, 15) is 0 Å². The summed E-state index contributed by atoms with van der Waals surface area (Å²) in [6.07, 6.45) is 13.6. The standard InChI is InChI=1S/C20H26OS/c1-3-17(16-22-2)15-19-9-11-20(12-10-19)21-14-13-18-7-5-4-6-8-18/h3,7,9-12,16H,1,4-6,8,13-15H2,2H3/b17-16+. The molecule has 0 unspecified atom stereocenters. The van der Waals surface area contributed by atoms with Gasteiger partial charge in [-0.25, -0.2) is 0 Å². The molecule has 1 aliphatic rings. The van der Waals surface area contributed by atoms with Gasteiger partial charge in [-0.1, -0.05) is 36.4 Å². The van der Waals surface area contributed by atoms with E-state index >= 15 is 0 Å². The van der Waals surface area contributed by atoms with Crippen molar-refractivity contribution in [2.45, 2.75) is 38.5 Å². The highest BCUT2D eigenvalue weighted by Gasteiger charge is 2.04. The van der Waals surface area contributed by atoms with Crippen LogP contribution in [0.25, 0.3) is 0 Å². The molecular formula is C20H26OS. The lowest BCUT2D eigenvalue weighted by molar-refractivity contribution is 0.319. The summed E-state index contributed by atoms with van der Waals surface area (Å²) in [5, 5.41) is 2.15. The predicted molar refractivity (Wildman–Crippen MR) is 98.6 cm³/mol. The van der Waals surface area contributed by atoms with Gasteiger partial charge in [0.05, 0.1) is 6.61 Å². The van der Waals surface area contributed by atoms with Crippen LogP contribution in [0.4, 0.5) is 0 Å². The Bertz CT molecular complexity index is 525. The highest BCUT2D eigenvalue weighted by molar-refractivity contribution is 8.01.